The average Bonchev–Trinajstić information content (AvgIpc) is 3.05. The summed E-state index contributed by atoms with van der Waals surface area (Å²) in [7, 11) is 0. The molecule has 1 aromatic heterocycles. The summed E-state index contributed by atoms with van der Waals surface area (Å²) in [6.07, 6.45) is 3.09. The Hall–Kier alpha value is -2.76. The third kappa shape index (κ3) is 3.63. The number of carbonyl (C=O) groups is 1. The van der Waals surface area contributed by atoms with Gasteiger partial charge in [-0.1, -0.05) is 41.4 Å². The van der Waals surface area contributed by atoms with Gasteiger partial charge in [-0.15, -0.1) is 0 Å². The smallest absolute Gasteiger partial charge is 0.189 e. The van der Waals surface area contributed by atoms with E-state index in [0.29, 0.717) is 27.5 Å². The van der Waals surface area contributed by atoms with Crippen LogP contribution in [-0.2, 0) is 0 Å². The lowest BCUT2D eigenvalue weighted by Crippen LogP contribution is -2.40. The third-order valence-electron chi connectivity index (χ3n) is 4.91. The zero-order valence-electron chi connectivity index (χ0n) is 15.4. The highest BCUT2D eigenvalue weighted by Crippen LogP contribution is 2.40. The second-order valence-electron chi connectivity index (χ2n) is 6.73. The van der Waals surface area contributed by atoms with Gasteiger partial charge in [0.15, 0.2) is 5.78 Å². The third-order valence-corrected chi connectivity index (χ3v) is 5.46. The van der Waals surface area contributed by atoms with Crippen molar-refractivity contribution in [1.82, 2.24) is 4.98 Å². The van der Waals surface area contributed by atoms with Gasteiger partial charge < -0.3 is 0 Å². The lowest BCUT2D eigenvalue weighted by Gasteiger charge is -2.28. The number of nitrogens with zero attached hydrogens (tertiary/aromatic N) is 3. The first-order valence-electron chi connectivity index (χ1n) is 8.95. The molecule has 1 aliphatic heterocycles. The van der Waals surface area contributed by atoms with Crippen LogP contribution in [0.4, 0.5) is 10.1 Å². The highest BCUT2D eigenvalue weighted by Gasteiger charge is 2.43. The molecule has 0 amide bonds. The minimum atomic E-state index is -0.810. The molecule has 4 nitrogen and oxygen atoms in total. The van der Waals surface area contributed by atoms with Gasteiger partial charge in [0.25, 0.3) is 0 Å². The number of hydrogen-bond acceptors (Lipinski definition) is 4. The van der Waals surface area contributed by atoms with Crippen LogP contribution in [0.3, 0.4) is 0 Å². The first-order valence-corrected chi connectivity index (χ1v) is 9.71. The molecule has 2 atom stereocenters. The molecule has 0 spiro atoms. The van der Waals surface area contributed by atoms with Gasteiger partial charge >= 0.3 is 0 Å². The molecule has 146 valence electrons. The molecule has 2 aromatic carbocycles. The molecule has 0 saturated heterocycles. The van der Waals surface area contributed by atoms with Gasteiger partial charge in [0.05, 0.1) is 16.6 Å². The van der Waals surface area contributed by atoms with E-state index in [9.17, 15) is 9.18 Å². The van der Waals surface area contributed by atoms with Crippen LogP contribution in [0.1, 0.15) is 28.8 Å². The van der Waals surface area contributed by atoms with Crippen molar-refractivity contribution in [1.29, 1.82) is 0 Å². The van der Waals surface area contributed by atoms with Crippen LogP contribution < -0.4 is 5.01 Å². The number of pyridine rings is 1. The minimum absolute atomic E-state index is 0.224. The zero-order valence-corrected chi connectivity index (χ0v) is 16.9. The van der Waals surface area contributed by atoms with Gasteiger partial charge in [0.2, 0.25) is 0 Å². The highest BCUT2D eigenvalue weighted by atomic mass is 35.5. The number of halogens is 3. The van der Waals surface area contributed by atoms with E-state index < -0.39 is 17.8 Å². The summed E-state index contributed by atoms with van der Waals surface area (Å²) in [4.78, 5) is 17.5. The van der Waals surface area contributed by atoms with Crippen molar-refractivity contribution in [3.63, 3.8) is 0 Å². The van der Waals surface area contributed by atoms with E-state index in [0.717, 1.165) is 0 Å². The van der Waals surface area contributed by atoms with Crippen LogP contribution in [-0.4, -0.2) is 22.5 Å². The van der Waals surface area contributed by atoms with E-state index >= 15 is 0 Å². The fourth-order valence-electron chi connectivity index (χ4n) is 3.60. The number of rotatable bonds is 4. The van der Waals surface area contributed by atoms with Crippen LogP contribution in [0.25, 0.3) is 0 Å². The van der Waals surface area contributed by atoms with Crippen molar-refractivity contribution in [2.45, 2.75) is 18.9 Å². The predicted octanol–water partition coefficient (Wildman–Crippen LogP) is 5.76. The summed E-state index contributed by atoms with van der Waals surface area (Å²) in [5, 5.41) is 6.91. The van der Waals surface area contributed by atoms with Crippen molar-refractivity contribution in [2.75, 3.05) is 5.01 Å². The van der Waals surface area contributed by atoms with Gasteiger partial charge in [-0.2, -0.15) is 5.10 Å². The molecule has 2 unspecified atom stereocenters. The van der Waals surface area contributed by atoms with Crippen LogP contribution in [0.2, 0.25) is 10.0 Å². The molecule has 29 heavy (non-hydrogen) atoms. The van der Waals surface area contributed by atoms with E-state index in [4.69, 9.17) is 23.2 Å². The van der Waals surface area contributed by atoms with Crippen LogP contribution >= 0.6 is 23.2 Å². The largest absolute Gasteiger partial charge is 0.292 e. The van der Waals surface area contributed by atoms with Crippen LogP contribution in [0.15, 0.2) is 72.1 Å². The Morgan fingerprint density at radius 1 is 1.10 bits per heavy atom. The minimum Gasteiger partial charge on any atom is -0.292 e. The number of benzene rings is 2. The first kappa shape index (κ1) is 19.6. The van der Waals surface area contributed by atoms with E-state index in [1.165, 1.54) is 12.3 Å². The number of Topliss-reactive ketones (excluding diaryl/α,β-unsaturated/α-hetero) is 1. The molecule has 4 rings (SSSR count). The molecule has 7 heteroatoms. The Morgan fingerprint density at radius 2 is 1.90 bits per heavy atom. The SMILES string of the molecule is CC1=NN(c2ccccc2Cl)C(C(=O)c2cccnc2)C1c1ccc(Cl)cc1F. The number of hydrazone groups is 1. The lowest BCUT2D eigenvalue weighted by atomic mass is 9.84. The van der Waals surface area contributed by atoms with Gasteiger partial charge in [-0.25, -0.2) is 4.39 Å². The Labute approximate surface area is 177 Å². The number of hydrogen-bond donors (Lipinski definition) is 0. The monoisotopic (exact) mass is 427 g/mol. The zero-order chi connectivity index (χ0) is 20.5. The van der Waals surface area contributed by atoms with Crippen LogP contribution in [0, 0.1) is 5.82 Å². The summed E-state index contributed by atoms with van der Waals surface area (Å²) in [6, 6.07) is 14.1. The predicted molar refractivity (Wildman–Crippen MR) is 114 cm³/mol. The molecular weight excluding hydrogens is 412 g/mol. The molecule has 0 aliphatic carbocycles. The van der Waals surface area contributed by atoms with Gasteiger partial charge in [-0.05, 0) is 48.9 Å². The maximum atomic E-state index is 14.8. The van der Waals surface area contributed by atoms with E-state index in [1.807, 2.05) is 6.07 Å². The number of carbonyl (C=O) groups excluding carboxylic acids is 1. The Bertz CT molecular complexity index is 1100. The number of aromatic nitrogens is 1. The second kappa shape index (κ2) is 7.93. The fourth-order valence-corrected chi connectivity index (χ4v) is 3.98. The molecule has 0 saturated carbocycles. The van der Waals surface area contributed by atoms with Gasteiger partial charge in [-0.3, -0.25) is 14.8 Å². The van der Waals surface area contributed by atoms with E-state index in [2.05, 4.69) is 10.1 Å². The van der Waals surface area contributed by atoms with Crippen molar-refractivity contribution < 1.29 is 9.18 Å². The molecule has 0 N–H and O–H groups in total. The fraction of sp³-hybridized carbons (Fsp3) is 0.136. The quantitative estimate of drug-likeness (QED) is 0.497. The molecule has 1 aliphatic rings. The normalized spacial score (nSPS) is 18.6. The topological polar surface area (TPSA) is 45.6 Å². The second-order valence-corrected chi connectivity index (χ2v) is 7.58. The molecule has 0 fully saturated rings. The van der Waals surface area contributed by atoms with Crippen molar-refractivity contribution >= 4 is 40.4 Å². The summed E-state index contributed by atoms with van der Waals surface area (Å²) in [5.41, 5.74) is 1.95. The average molecular weight is 428 g/mol. The summed E-state index contributed by atoms with van der Waals surface area (Å²) >= 11 is 12.3. The Morgan fingerprint density at radius 3 is 2.59 bits per heavy atom. The summed E-state index contributed by atoms with van der Waals surface area (Å²) < 4.78 is 14.8. The van der Waals surface area contributed by atoms with Crippen molar-refractivity contribution in [2.24, 2.45) is 5.10 Å². The molecular formula is C22H16Cl2FN3O. The van der Waals surface area contributed by atoms with Crippen molar-refractivity contribution in [3.8, 4) is 0 Å². The number of para-hydroxylation sites is 1. The Kier molecular flexibility index (Phi) is 5.35. The first-order chi connectivity index (χ1) is 14.0. The number of ketones is 1. The molecule has 2 heterocycles. The maximum absolute atomic E-state index is 14.8. The van der Waals surface area contributed by atoms with E-state index in [-0.39, 0.29) is 10.8 Å². The summed E-state index contributed by atoms with van der Waals surface area (Å²) in [5.74, 6) is -1.31. The van der Waals surface area contributed by atoms with Gasteiger partial charge in [0.1, 0.15) is 11.9 Å². The summed E-state index contributed by atoms with van der Waals surface area (Å²) in [6.45, 7) is 1.78. The standard InChI is InChI=1S/C22H16Cl2FN3O/c1-13-20(16-9-8-15(23)11-18(16)25)21(22(29)14-5-4-10-26-12-14)28(27-13)19-7-3-2-6-17(19)24/h2-12,20-21H,1H3. The molecule has 0 bridgehead atoms. The highest BCUT2D eigenvalue weighted by molar-refractivity contribution is 6.33. The van der Waals surface area contributed by atoms with E-state index in [1.54, 1.807) is 60.6 Å². The maximum Gasteiger partial charge on any atom is 0.189 e. The van der Waals surface area contributed by atoms with Crippen molar-refractivity contribution in [3.05, 3.63) is 94.0 Å². The number of anilines is 1. The lowest BCUT2D eigenvalue weighted by molar-refractivity contribution is 0.0956. The molecule has 0 radical (unpaired) electrons. The van der Waals surface area contributed by atoms with Gasteiger partial charge in [0, 0.05) is 28.7 Å². The Balaban J connectivity index is 1.87. The van der Waals surface area contributed by atoms with Crippen LogP contribution in [0.5, 0.6) is 0 Å². The molecule has 3 aromatic rings.